The predicted molar refractivity (Wildman–Crippen MR) is 85.2 cm³/mol. The van der Waals surface area contributed by atoms with Gasteiger partial charge in [0, 0.05) is 26.5 Å². The predicted octanol–water partition coefficient (Wildman–Crippen LogP) is 0.758. The van der Waals surface area contributed by atoms with Crippen molar-refractivity contribution in [1.82, 2.24) is 10.2 Å². The minimum Gasteiger partial charge on any atom is -0.469 e. The quantitative estimate of drug-likeness (QED) is 0.630. The minimum atomic E-state index is -0.308. The van der Waals surface area contributed by atoms with Crippen LogP contribution in [-0.4, -0.2) is 48.9 Å². The van der Waals surface area contributed by atoms with Crippen molar-refractivity contribution in [1.29, 1.82) is 0 Å². The van der Waals surface area contributed by atoms with Gasteiger partial charge in [0.1, 0.15) is 5.01 Å². The van der Waals surface area contributed by atoms with Crippen molar-refractivity contribution in [2.75, 3.05) is 26.1 Å². The number of carbonyl (C=O) groups excluding carboxylic acids is 2. The first kappa shape index (κ1) is 20.7. The van der Waals surface area contributed by atoms with Crippen molar-refractivity contribution < 1.29 is 19.1 Å². The maximum absolute atomic E-state index is 11.7. The van der Waals surface area contributed by atoms with Gasteiger partial charge >= 0.3 is 5.97 Å². The Hall–Kier alpha value is -1.29. The van der Waals surface area contributed by atoms with E-state index in [1.807, 2.05) is 0 Å². The lowest BCUT2D eigenvalue weighted by atomic mass is 10.2. The Balaban J connectivity index is 0.00000441. The highest BCUT2D eigenvalue weighted by Gasteiger charge is 2.13. The SMILES string of the molecule is COC(=O)CCCc1nnc(NC(=O)CC(CN)OC)s1.Cl. The molecule has 0 bridgehead atoms. The van der Waals surface area contributed by atoms with Crippen LogP contribution in [0.25, 0.3) is 0 Å². The molecule has 1 atom stereocenters. The fourth-order valence-corrected chi connectivity index (χ4v) is 2.33. The molecule has 0 aliphatic carbocycles. The number of ether oxygens (including phenoxy) is 2. The number of halogens is 1. The van der Waals surface area contributed by atoms with Gasteiger partial charge in [-0.1, -0.05) is 11.3 Å². The second-order valence-electron chi connectivity index (χ2n) is 4.28. The molecule has 1 rings (SSSR count). The molecule has 126 valence electrons. The summed E-state index contributed by atoms with van der Waals surface area (Å²) < 4.78 is 9.59. The molecule has 0 aliphatic rings. The summed E-state index contributed by atoms with van der Waals surface area (Å²) in [4.78, 5) is 22.7. The number of hydrogen-bond acceptors (Lipinski definition) is 8. The van der Waals surface area contributed by atoms with Gasteiger partial charge in [0.15, 0.2) is 0 Å². The summed E-state index contributed by atoms with van der Waals surface area (Å²) in [6.45, 7) is 0.277. The van der Waals surface area contributed by atoms with Crippen LogP contribution in [0.5, 0.6) is 0 Å². The minimum absolute atomic E-state index is 0. The number of nitrogens with two attached hydrogens (primary N) is 1. The Morgan fingerprint density at radius 2 is 2.09 bits per heavy atom. The molecule has 1 unspecified atom stereocenters. The van der Waals surface area contributed by atoms with Crippen molar-refractivity contribution in [2.45, 2.75) is 31.8 Å². The second kappa shape index (κ2) is 11.3. The molecular formula is C12H21ClN4O4S. The lowest BCUT2D eigenvalue weighted by Crippen LogP contribution is -2.28. The number of methoxy groups -OCH3 is 2. The Morgan fingerprint density at radius 1 is 1.36 bits per heavy atom. The van der Waals surface area contributed by atoms with Gasteiger partial charge in [0.05, 0.1) is 19.6 Å². The summed E-state index contributed by atoms with van der Waals surface area (Å²) in [5.41, 5.74) is 5.45. The summed E-state index contributed by atoms with van der Waals surface area (Å²) >= 11 is 1.28. The smallest absolute Gasteiger partial charge is 0.305 e. The van der Waals surface area contributed by atoms with Gasteiger partial charge in [0.2, 0.25) is 11.0 Å². The average Bonchev–Trinajstić information content (AvgIpc) is 2.91. The zero-order chi connectivity index (χ0) is 15.7. The fourth-order valence-electron chi connectivity index (χ4n) is 1.53. The van der Waals surface area contributed by atoms with E-state index in [1.54, 1.807) is 0 Å². The lowest BCUT2D eigenvalue weighted by Gasteiger charge is -2.11. The molecule has 0 saturated heterocycles. The van der Waals surface area contributed by atoms with Crippen molar-refractivity contribution >= 4 is 40.8 Å². The van der Waals surface area contributed by atoms with E-state index >= 15 is 0 Å². The van der Waals surface area contributed by atoms with E-state index in [0.717, 1.165) is 5.01 Å². The number of carbonyl (C=O) groups is 2. The summed E-state index contributed by atoms with van der Waals surface area (Å²) in [6, 6.07) is 0. The Kier molecular flexibility index (Phi) is 10.6. The number of rotatable bonds is 9. The fraction of sp³-hybridized carbons (Fsp3) is 0.667. The molecule has 8 nitrogen and oxygen atoms in total. The zero-order valence-corrected chi connectivity index (χ0v) is 14.2. The number of aromatic nitrogens is 2. The molecule has 0 radical (unpaired) electrons. The first-order valence-electron chi connectivity index (χ1n) is 6.51. The average molecular weight is 353 g/mol. The Labute approximate surface area is 139 Å². The molecule has 1 heterocycles. The third kappa shape index (κ3) is 7.64. The number of nitrogens with one attached hydrogen (secondary N) is 1. The highest BCUT2D eigenvalue weighted by Crippen LogP contribution is 2.17. The molecule has 0 aliphatic heterocycles. The third-order valence-corrected chi connectivity index (χ3v) is 3.62. The highest BCUT2D eigenvalue weighted by molar-refractivity contribution is 7.15. The normalized spacial score (nSPS) is 11.4. The number of nitrogens with zero attached hydrogens (tertiary/aromatic N) is 2. The van der Waals surface area contributed by atoms with Gasteiger partial charge < -0.3 is 20.5 Å². The van der Waals surface area contributed by atoms with E-state index in [9.17, 15) is 9.59 Å². The van der Waals surface area contributed by atoms with Crippen LogP contribution >= 0.6 is 23.7 Å². The molecule has 10 heteroatoms. The molecule has 0 spiro atoms. The Morgan fingerprint density at radius 3 is 2.68 bits per heavy atom. The standard InChI is InChI=1S/C12H20N4O4S.ClH/c1-19-8(7-13)6-9(17)14-12-16-15-10(21-12)4-3-5-11(18)20-2;/h8H,3-7,13H2,1-2H3,(H,14,16,17);1H. The topological polar surface area (TPSA) is 116 Å². The molecule has 1 amide bonds. The molecule has 1 aromatic heterocycles. The molecule has 3 N–H and O–H groups in total. The van der Waals surface area contributed by atoms with Crippen LogP contribution in [0.1, 0.15) is 24.3 Å². The Bertz CT molecular complexity index is 468. The third-order valence-electron chi connectivity index (χ3n) is 2.72. The van der Waals surface area contributed by atoms with Crippen molar-refractivity contribution in [2.24, 2.45) is 5.73 Å². The number of amides is 1. The maximum Gasteiger partial charge on any atom is 0.305 e. The van der Waals surface area contributed by atoms with Crippen LogP contribution in [0, 0.1) is 0 Å². The largest absolute Gasteiger partial charge is 0.469 e. The van der Waals surface area contributed by atoms with Crippen LogP contribution in [0.4, 0.5) is 5.13 Å². The van der Waals surface area contributed by atoms with Crippen molar-refractivity contribution in [3.05, 3.63) is 5.01 Å². The van der Waals surface area contributed by atoms with Gasteiger partial charge in [-0.3, -0.25) is 9.59 Å². The first-order chi connectivity index (χ1) is 10.1. The van der Waals surface area contributed by atoms with E-state index in [0.29, 0.717) is 24.4 Å². The summed E-state index contributed by atoms with van der Waals surface area (Å²) in [6.07, 6.45) is 1.45. The molecule has 0 saturated carbocycles. The summed E-state index contributed by atoms with van der Waals surface area (Å²) in [7, 11) is 2.87. The van der Waals surface area contributed by atoms with Gasteiger partial charge in [0.25, 0.3) is 0 Å². The van der Waals surface area contributed by atoms with Crippen LogP contribution < -0.4 is 11.1 Å². The number of esters is 1. The molecular weight excluding hydrogens is 332 g/mol. The lowest BCUT2D eigenvalue weighted by molar-refractivity contribution is -0.140. The van der Waals surface area contributed by atoms with Gasteiger partial charge in [-0.15, -0.1) is 22.6 Å². The van der Waals surface area contributed by atoms with E-state index in [4.69, 9.17) is 10.5 Å². The van der Waals surface area contributed by atoms with E-state index < -0.39 is 0 Å². The maximum atomic E-state index is 11.7. The number of aryl methyl sites for hydroxylation is 1. The van der Waals surface area contributed by atoms with Gasteiger partial charge in [-0.2, -0.15) is 0 Å². The van der Waals surface area contributed by atoms with Crippen LogP contribution in [0.3, 0.4) is 0 Å². The van der Waals surface area contributed by atoms with Crippen molar-refractivity contribution in [3.8, 4) is 0 Å². The van der Waals surface area contributed by atoms with Crippen LogP contribution in [0.2, 0.25) is 0 Å². The molecule has 0 aromatic carbocycles. The number of anilines is 1. The second-order valence-corrected chi connectivity index (χ2v) is 5.34. The molecule has 22 heavy (non-hydrogen) atoms. The van der Waals surface area contributed by atoms with E-state index in [1.165, 1.54) is 25.6 Å². The number of hydrogen-bond donors (Lipinski definition) is 2. The molecule has 0 fully saturated rings. The first-order valence-corrected chi connectivity index (χ1v) is 7.32. The molecule has 1 aromatic rings. The van der Waals surface area contributed by atoms with Crippen LogP contribution in [-0.2, 0) is 25.5 Å². The van der Waals surface area contributed by atoms with Gasteiger partial charge in [-0.25, -0.2) is 0 Å². The highest BCUT2D eigenvalue weighted by atomic mass is 35.5. The van der Waals surface area contributed by atoms with E-state index in [-0.39, 0.29) is 43.4 Å². The summed E-state index contributed by atoms with van der Waals surface area (Å²) in [5.74, 6) is -0.468. The van der Waals surface area contributed by atoms with Crippen molar-refractivity contribution in [3.63, 3.8) is 0 Å². The van der Waals surface area contributed by atoms with Crippen LogP contribution in [0.15, 0.2) is 0 Å². The zero-order valence-electron chi connectivity index (χ0n) is 12.5. The van der Waals surface area contributed by atoms with Gasteiger partial charge in [-0.05, 0) is 6.42 Å². The summed E-state index contributed by atoms with van der Waals surface area (Å²) in [5, 5.41) is 11.7. The monoisotopic (exact) mass is 352 g/mol. The van der Waals surface area contributed by atoms with E-state index in [2.05, 4.69) is 20.3 Å².